The Kier molecular flexibility index (Phi) is 3.16. The van der Waals surface area contributed by atoms with Crippen LogP contribution in [0.2, 0.25) is 0 Å². The normalized spacial score (nSPS) is 20.5. The molecule has 0 spiro atoms. The smallest absolute Gasteiger partial charge is 0.146 e. The Labute approximate surface area is 116 Å². The number of hydrogen-bond acceptors (Lipinski definition) is 6. The molecule has 1 atom stereocenters. The molecule has 5 nitrogen and oxygen atoms in total. The predicted molar refractivity (Wildman–Crippen MR) is 79.2 cm³/mol. The van der Waals surface area contributed by atoms with Gasteiger partial charge in [0.05, 0.1) is 11.9 Å². The summed E-state index contributed by atoms with van der Waals surface area (Å²) in [6, 6.07) is 0.285. The van der Waals surface area contributed by atoms with Crippen molar-refractivity contribution in [3.63, 3.8) is 0 Å². The van der Waals surface area contributed by atoms with Gasteiger partial charge in [-0.1, -0.05) is 0 Å². The van der Waals surface area contributed by atoms with Gasteiger partial charge in [0, 0.05) is 24.0 Å². The van der Waals surface area contributed by atoms with Crippen molar-refractivity contribution in [3.05, 3.63) is 16.3 Å². The minimum atomic E-state index is 0.285. The number of rotatable bonds is 2. The highest BCUT2D eigenvalue weighted by Gasteiger charge is 2.21. The van der Waals surface area contributed by atoms with E-state index in [1.165, 1.54) is 10.4 Å². The first-order valence-electron chi connectivity index (χ1n) is 6.54. The lowest BCUT2D eigenvalue weighted by molar-refractivity contribution is 0.319. The van der Waals surface area contributed by atoms with Gasteiger partial charge in [-0.3, -0.25) is 4.90 Å². The van der Waals surface area contributed by atoms with Crippen molar-refractivity contribution < 1.29 is 0 Å². The van der Waals surface area contributed by atoms with E-state index in [4.69, 9.17) is 11.5 Å². The van der Waals surface area contributed by atoms with Gasteiger partial charge < -0.3 is 11.5 Å². The summed E-state index contributed by atoms with van der Waals surface area (Å²) in [5.41, 5.74) is 13.2. The average molecular weight is 277 g/mol. The zero-order valence-corrected chi connectivity index (χ0v) is 12.1. The second kappa shape index (κ2) is 4.70. The monoisotopic (exact) mass is 277 g/mol. The molecule has 1 aliphatic heterocycles. The van der Waals surface area contributed by atoms with Gasteiger partial charge in [0.1, 0.15) is 16.5 Å². The second-order valence-corrected chi connectivity index (χ2v) is 6.48. The van der Waals surface area contributed by atoms with Crippen molar-refractivity contribution in [3.8, 4) is 0 Å². The molecule has 3 heterocycles. The number of nitrogen functional groups attached to an aromatic ring is 1. The number of fused-ring (bicyclic) bond motifs is 1. The fourth-order valence-corrected chi connectivity index (χ4v) is 3.66. The second-order valence-electron chi connectivity index (χ2n) is 5.27. The van der Waals surface area contributed by atoms with Crippen molar-refractivity contribution in [2.75, 3.05) is 18.8 Å². The Morgan fingerprint density at radius 2 is 2.16 bits per heavy atom. The van der Waals surface area contributed by atoms with Gasteiger partial charge in [-0.25, -0.2) is 9.97 Å². The van der Waals surface area contributed by atoms with Crippen LogP contribution in [0.4, 0.5) is 5.82 Å². The Morgan fingerprint density at radius 3 is 2.84 bits per heavy atom. The van der Waals surface area contributed by atoms with Crippen molar-refractivity contribution >= 4 is 27.4 Å². The van der Waals surface area contributed by atoms with E-state index < -0.39 is 0 Å². The van der Waals surface area contributed by atoms with Crippen LogP contribution in [0.25, 0.3) is 10.2 Å². The lowest BCUT2D eigenvalue weighted by Crippen LogP contribution is -2.27. The molecule has 6 heteroatoms. The molecule has 19 heavy (non-hydrogen) atoms. The molecule has 0 amide bonds. The topological polar surface area (TPSA) is 81.1 Å². The summed E-state index contributed by atoms with van der Waals surface area (Å²) < 4.78 is 0. The van der Waals surface area contributed by atoms with Crippen LogP contribution in [0.5, 0.6) is 0 Å². The number of anilines is 1. The van der Waals surface area contributed by atoms with Crippen LogP contribution >= 0.6 is 11.3 Å². The highest BCUT2D eigenvalue weighted by atomic mass is 32.1. The van der Waals surface area contributed by atoms with E-state index in [0.717, 1.165) is 42.1 Å². The molecule has 0 aliphatic carbocycles. The minimum absolute atomic E-state index is 0.285. The number of thiophene rings is 1. The minimum Gasteiger partial charge on any atom is -0.383 e. The summed E-state index contributed by atoms with van der Waals surface area (Å²) in [7, 11) is 0. The summed E-state index contributed by atoms with van der Waals surface area (Å²) >= 11 is 1.69. The van der Waals surface area contributed by atoms with Crippen LogP contribution in [0, 0.1) is 13.8 Å². The molecule has 2 aromatic heterocycles. The standard InChI is InChI=1S/C13H19N5S/c1-7-8(2)19-13-11(7)12(15)16-10(17-13)6-18-4-3-9(14)5-18/h9H,3-6,14H2,1-2H3,(H2,15,16,17)/t9-/m1/s1. The summed E-state index contributed by atoms with van der Waals surface area (Å²) in [6.07, 6.45) is 1.05. The highest BCUT2D eigenvalue weighted by Crippen LogP contribution is 2.32. The summed E-state index contributed by atoms with van der Waals surface area (Å²) in [6.45, 7) is 6.85. The summed E-state index contributed by atoms with van der Waals surface area (Å²) in [5, 5.41) is 1.02. The van der Waals surface area contributed by atoms with Crippen molar-refractivity contribution in [2.45, 2.75) is 32.9 Å². The molecule has 0 saturated carbocycles. The Hall–Kier alpha value is -1.24. The molecule has 0 aromatic carbocycles. The Bertz CT molecular complexity index is 621. The number of aryl methyl sites for hydroxylation is 2. The molecule has 0 bridgehead atoms. The molecule has 0 radical (unpaired) electrons. The van der Waals surface area contributed by atoms with E-state index in [2.05, 4.69) is 28.7 Å². The van der Waals surface area contributed by atoms with Gasteiger partial charge in [-0.15, -0.1) is 11.3 Å². The van der Waals surface area contributed by atoms with E-state index in [-0.39, 0.29) is 6.04 Å². The van der Waals surface area contributed by atoms with Gasteiger partial charge >= 0.3 is 0 Å². The predicted octanol–water partition coefficient (Wildman–Crippen LogP) is 1.42. The van der Waals surface area contributed by atoms with Crippen LogP contribution in [-0.2, 0) is 6.54 Å². The van der Waals surface area contributed by atoms with E-state index in [1.54, 1.807) is 11.3 Å². The van der Waals surface area contributed by atoms with Gasteiger partial charge in [-0.2, -0.15) is 0 Å². The molecule has 1 aliphatic rings. The average Bonchev–Trinajstić information content (AvgIpc) is 2.85. The fourth-order valence-electron chi connectivity index (χ4n) is 2.60. The summed E-state index contributed by atoms with van der Waals surface area (Å²) in [5.74, 6) is 1.41. The van der Waals surface area contributed by atoms with E-state index in [0.29, 0.717) is 5.82 Å². The SMILES string of the molecule is Cc1sc2nc(CN3CC[C@@H](N)C3)nc(N)c2c1C. The van der Waals surface area contributed by atoms with E-state index >= 15 is 0 Å². The first-order chi connectivity index (χ1) is 9.04. The maximum absolute atomic E-state index is 6.09. The molecule has 1 saturated heterocycles. The third-order valence-electron chi connectivity index (χ3n) is 3.78. The lowest BCUT2D eigenvalue weighted by Gasteiger charge is -2.14. The maximum atomic E-state index is 6.09. The maximum Gasteiger partial charge on any atom is 0.146 e. The molecular formula is C13H19N5S. The van der Waals surface area contributed by atoms with E-state index in [9.17, 15) is 0 Å². The zero-order chi connectivity index (χ0) is 13.6. The number of likely N-dealkylation sites (tertiary alicyclic amines) is 1. The lowest BCUT2D eigenvalue weighted by atomic mass is 10.2. The molecule has 102 valence electrons. The largest absolute Gasteiger partial charge is 0.383 e. The first kappa shape index (κ1) is 12.8. The van der Waals surface area contributed by atoms with Crippen LogP contribution < -0.4 is 11.5 Å². The van der Waals surface area contributed by atoms with Gasteiger partial charge in [0.2, 0.25) is 0 Å². The molecule has 4 N–H and O–H groups in total. The highest BCUT2D eigenvalue weighted by molar-refractivity contribution is 7.18. The van der Waals surface area contributed by atoms with E-state index in [1.807, 2.05) is 0 Å². The van der Waals surface area contributed by atoms with Gasteiger partial charge in [0.15, 0.2) is 0 Å². The Morgan fingerprint density at radius 1 is 1.37 bits per heavy atom. The molecule has 3 rings (SSSR count). The van der Waals surface area contributed by atoms with Crippen LogP contribution in [0.15, 0.2) is 0 Å². The number of nitrogens with zero attached hydrogens (tertiary/aromatic N) is 3. The van der Waals surface area contributed by atoms with Crippen LogP contribution in [-0.4, -0.2) is 34.0 Å². The Balaban J connectivity index is 1.93. The number of hydrogen-bond donors (Lipinski definition) is 2. The molecule has 0 unspecified atom stereocenters. The van der Waals surface area contributed by atoms with Crippen LogP contribution in [0.1, 0.15) is 22.7 Å². The molecule has 2 aromatic rings. The van der Waals surface area contributed by atoms with Crippen molar-refractivity contribution in [1.82, 2.24) is 14.9 Å². The first-order valence-corrected chi connectivity index (χ1v) is 7.36. The van der Waals surface area contributed by atoms with Gasteiger partial charge in [0.25, 0.3) is 0 Å². The quantitative estimate of drug-likeness (QED) is 0.867. The molecular weight excluding hydrogens is 258 g/mol. The third kappa shape index (κ3) is 2.31. The summed E-state index contributed by atoms with van der Waals surface area (Å²) in [4.78, 5) is 13.7. The van der Waals surface area contributed by atoms with Crippen molar-refractivity contribution in [1.29, 1.82) is 0 Å². The van der Waals surface area contributed by atoms with Crippen LogP contribution in [0.3, 0.4) is 0 Å². The van der Waals surface area contributed by atoms with Crippen molar-refractivity contribution in [2.24, 2.45) is 5.73 Å². The number of aromatic nitrogens is 2. The third-order valence-corrected chi connectivity index (χ3v) is 4.88. The zero-order valence-electron chi connectivity index (χ0n) is 11.3. The fraction of sp³-hybridized carbons (Fsp3) is 0.538. The molecule has 1 fully saturated rings. The van der Waals surface area contributed by atoms with Gasteiger partial charge in [-0.05, 0) is 25.8 Å². The number of nitrogens with two attached hydrogens (primary N) is 2.